The maximum absolute atomic E-state index is 13.7. The molecule has 0 spiro atoms. The first-order valence-electron chi connectivity index (χ1n) is 6.48. The van der Waals surface area contributed by atoms with Crippen LogP contribution in [0.2, 0.25) is 0 Å². The van der Waals surface area contributed by atoms with Crippen LogP contribution in [0.4, 0.5) is 8.78 Å². The van der Waals surface area contributed by atoms with Crippen molar-refractivity contribution in [2.75, 3.05) is 0 Å². The van der Waals surface area contributed by atoms with E-state index in [-0.39, 0.29) is 29.5 Å². The number of aromatic carboxylic acids is 1. The first-order chi connectivity index (χ1) is 9.97. The summed E-state index contributed by atoms with van der Waals surface area (Å²) in [5.41, 5.74) is 1.19. The highest BCUT2D eigenvalue weighted by Crippen LogP contribution is 2.16. The van der Waals surface area contributed by atoms with Gasteiger partial charge in [0.15, 0.2) is 0 Å². The van der Waals surface area contributed by atoms with Crippen molar-refractivity contribution in [1.29, 1.82) is 0 Å². The van der Waals surface area contributed by atoms with Crippen LogP contribution in [0.5, 0.6) is 0 Å². The van der Waals surface area contributed by atoms with Crippen molar-refractivity contribution >= 4 is 5.97 Å². The predicted octanol–water partition coefficient (Wildman–Crippen LogP) is 3.51. The van der Waals surface area contributed by atoms with E-state index in [2.05, 4.69) is 5.32 Å². The quantitative estimate of drug-likeness (QED) is 0.886. The highest BCUT2D eigenvalue weighted by atomic mass is 19.1. The zero-order valence-electron chi connectivity index (χ0n) is 11.4. The molecule has 0 aliphatic heterocycles. The summed E-state index contributed by atoms with van der Waals surface area (Å²) in [7, 11) is 0. The van der Waals surface area contributed by atoms with Crippen LogP contribution in [0.3, 0.4) is 0 Å². The summed E-state index contributed by atoms with van der Waals surface area (Å²) in [5.74, 6) is -1.87. The molecule has 0 aromatic heterocycles. The molecule has 0 heterocycles. The molecule has 21 heavy (non-hydrogen) atoms. The van der Waals surface area contributed by atoms with E-state index in [0.29, 0.717) is 0 Å². The number of benzene rings is 2. The highest BCUT2D eigenvalue weighted by molar-refractivity contribution is 5.87. The molecule has 0 amide bonds. The minimum Gasteiger partial charge on any atom is -0.478 e. The van der Waals surface area contributed by atoms with Crippen LogP contribution in [0.15, 0.2) is 42.5 Å². The molecule has 0 bridgehead atoms. The second-order valence-corrected chi connectivity index (χ2v) is 4.77. The number of carbonyl (C=O) groups is 1. The standard InChI is InChI=1S/C16H15F2NO2/c1-10(11-2-5-14(17)6-3-11)19-9-13-8-12(16(20)21)4-7-15(13)18/h2-8,10,19H,9H2,1H3,(H,20,21)/t10-/m0/s1. The van der Waals surface area contributed by atoms with E-state index >= 15 is 0 Å². The molecule has 0 radical (unpaired) electrons. The number of hydrogen-bond donors (Lipinski definition) is 2. The van der Waals surface area contributed by atoms with E-state index in [9.17, 15) is 13.6 Å². The molecule has 0 saturated heterocycles. The Hall–Kier alpha value is -2.27. The monoisotopic (exact) mass is 291 g/mol. The summed E-state index contributed by atoms with van der Waals surface area (Å²) >= 11 is 0. The zero-order chi connectivity index (χ0) is 15.4. The van der Waals surface area contributed by atoms with Crippen molar-refractivity contribution in [3.63, 3.8) is 0 Å². The van der Waals surface area contributed by atoms with E-state index in [1.54, 1.807) is 12.1 Å². The Morgan fingerprint density at radius 1 is 1.19 bits per heavy atom. The van der Waals surface area contributed by atoms with Gasteiger partial charge in [-0.2, -0.15) is 0 Å². The minimum absolute atomic E-state index is 0.0441. The lowest BCUT2D eigenvalue weighted by Gasteiger charge is -2.15. The zero-order valence-corrected chi connectivity index (χ0v) is 11.4. The summed E-state index contributed by atoms with van der Waals surface area (Å²) in [6.07, 6.45) is 0. The predicted molar refractivity (Wildman–Crippen MR) is 75.0 cm³/mol. The molecule has 0 unspecified atom stereocenters. The summed E-state index contributed by atoms with van der Waals surface area (Å²) in [6.45, 7) is 2.05. The van der Waals surface area contributed by atoms with Gasteiger partial charge in [0.2, 0.25) is 0 Å². The molecule has 110 valence electrons. The number of rotatable bonds is 5. The maximum atomic E-state index is 13.7. The third kappa shape index (κ3) is 3.86. The minimum atomic E-state index is -1.09. The van der Waals surface area contributed by atoms with Gasteiger partial charge in [0.05, 0.1) is 5.56 Å². The first-order valence-corrected chi connectivity index (χ1v) is 6.48. The summed E-state index contributed by atoms with van der Waals surface area (Å²) < 4.78 is 26.5. The first kappa shape index (κ1) is 15.1. The summed E-state index contributed by atoms with van der Waals surface area (Å²) in [6, 6.07) is 9.58. The van der Waals surface area contributed by atoms with Gasteiger partial charge >= 0.3 is 5.97 Å². The van der Waals surface area contributed by atoms with Gasteiger partial charge in [-0.25, -0.2) is 13.6 Å². The van der Waals surface area contributed by atoms with Crippen molar-refractivity contribution in [1.82, 2.24) is 5.32 Å². The van der Waals surface area contributed by atoms with Gasteiger partial charge in [-0.1, -0.05) is 12.1 Å². The molecular formula is C16H15F2NO2. The molecule has 2 rings (SSSR count). The van der Waals surface area contributed by atoms with E-state index in [1.807, 2.05) is 6.92 Å². The normalized spacial score (nSPS) is 12.1. The summed E-state index contributed by atoms with van der Waals surface area (Å²) in [4.78, 5) is 10.9. The number of carboxylic acid groups (broad SMARTS) is 1. The van der Waals surface area contributed by atoms with E-state index in [1.165, 1.54) is 24.3 Å². The Labute approximate surface area is 121 Å². The van der Waals surface area contributed by atoms with Gasteiger partial charge in [-0.3, -0.25) is 0 Å². The average molecular weight is 291 g/mol. The van der Waals surface area contributed by atoms with Gasteiger partial charge in [0.25, 0.3) is 0 Å². The van der Waals surface area contributed by atoms with Crippen LogP contribution in [-0.4, -0.2) is 11.1 Å². The Morgan fingerprint density at radius 2 is 1.86 bits per heavy atom. The van der Waals surface area contributed by atoms with Gasteiger partial charge < -0.3 is 10.4 Å². The SMILES string of the molecule is C[C@H](NCc1cc(C(=O)O)ccc1F)c1ccc(F)cc1. The lowest BCUT2D eigenvalue weighted by molar-refractivity contribution is 0.0696. The van der Waals surface area contributed by atoms with E-state index in [4.69, 9.17) is 5.11 Å². The second kappa shape index (κ2) is 6.45. The van der Waals surface area contributed by atoms with Gasteiger partial charge in [-0.05, 0) is 42.8 Å². The molecule has 2 aromatic rings. The lowest BCUT2D eigenvalue weighted by Crippen LogP contribution is -2.19. The lowest BCUT2D eigenvalue weighted by atomic mass is 10.1. The van der Waals surface area contributed by atoms with Crippen molar-refractivity contribution in [3.05, 3.63) is 70.8 Å². The number of nitrogens with one attached hydrogen (secondary N) is 1. The Bertz CT molecular complexity index is 641. The van der Waals surface area contributed by atoms with Crippen molar-refractivity contribution in [2.24, 2.45) is 0 Å². The Kier molecular flexibility index (Phi) is 4.65. The molecular weight excluding hydrogens is 276 g/mol. The third-order valence-electron chi connectivity index (χ3n) is 3.26. The van der Waals surface area contributed by atoms with Crippen molar-refractivity contribution in [2.45, 2.75) is 19.5 Å². The molecule has 2 aromatic carbocycles. The molecule has 0 aliphatic rings. The topological polar surface area (TPSA) is 49.3 Å². The van der Waals surface area contributed by atoms with Crippen LogP contribution < -0.4 is 5.32 Å². The Morgan fingerprint density at radius 3 is 2.48 bits per heavy atom. The van der Waals surface area contributed by atoms with Crippen molar-refractivity contribution in [3.8, 4) is 0 Å². The molecule has 5 heteroatoms. The number of hydrogen-bond acceptors (Lipinski definition) is 2. The van der Waals surface area contributed by atoms with Gasteiger partial charge in [0.1, 0.15) is 11.6 Å². The second-order valence-electron chi connectivity index (χ2n) is 4.77. The van der Waals surface area contributed by atoms with E-state index in [0.717, 1.165) is 11.6 Å². The molecule has 2 N–H and O–H groups in total. The molecule has 0 fully saturated rings. The fraction of sp³-hybridized carbons (Fsp3) is 0.188. The van der Waals surface area contributed by atoms with Gasteiger partial charge in [-0.15, -0.1) is 0 Å². The molecule has 1 atom stereocenters. The van der Waals surface area contributed by atoms with Crippen molar-refractivity contribution < 1.29 is 18.7 Å². The molecule has 0 saturated carbocycles. The smallest absolute Gasteiger partial charge is 0.335 e. The van der Waals surface area contributed by atoms with Gasteiger partial charge in [0, 0.05) is 18.2 Å². The van der Waals surface area contributed by atoms with Crippen LogP contribution in [0.1, 0.15) is 34.5 Å². The Balaban J connectivity index is 2.07. The van der Waals surface area contributed by atoms with E-state index < -0.39 is 11.8 Å². The fourth-order valence-corrected chi connectivity index (χ4v) is 1.98. The third-order valence-corrected chi connectivity index (χ3v) is 3.26. The van der Waals surface area contributed by atoms with Crippen LogP contribution in [0.25, 0.3) is 0 Å². The summed E-state index contributed by atoms with van der Waals surface area (Å²) in [5, 5.41) is 12.0. The average Bonchev–Trinajstić information content (AvgIpc) is 2.46. The number of carboxylic acids is 1. The largest absolute Gasteiger partial charge is 0.478 e. The van der Waals surface area contributed by atoms with Crippen LogP contribution in [0, 0.1) is 11.6 Å². The highest BCUT2D eigenvalue weighted by Gasteiger charge is 2.10. The maximum Gasteiger partial charge on any atom is 0.335 e. The van der Waals surface area contributed by atoms with Crippen LogP contribution >= 0.6 is 0 Å². The fourth-order valence-electron chi connectivity index (χ4n) is 1.98. The molecule has 0 aliphatic carbocycles. The molecule has 3 nitrogen and oxygen atoms in total. The number of halogens is 2. The van der Waals surface area contributed by atoms with Crippen LogP contribution in [-0.2, 0) is 6.54 Å².